The summed E-state index contributed by atoms with van der Waals surface area (Å²) in [5, 5.41) is 0. The lowest BCUT2D eigenvalue weighted by atomic mass is 9.86. The summed E-state index contributed by atoms with van der Waals surface area (Å²) in [7, 11) is 0. The predicted octanol–water partition coefficient (Wildman–Crippen LogP) is 5.22. The average Bonchev–Trinajstić information content (AvgIpc) is 2.54. The zero-order valence-electron chi connectivity index (χ0n) is 18.7. The van der Waals surface area contributed by atoms with Gasteiger partial charge < -0.3 is 14.2 Å². The van der Waals surface area contributed by atoms with E-state index in [1.54, 1.807) is 0 Å². The smallest absolute Gasteiger partial charge is 0.309 e. The third-order valence-electron chi connectivity index (χ3n) is 4.95. The molecule has 0 unspecified atom stereocenters. The highest BCUT2D eigenvalue weighted by Gasteiger charge is 2.34. The summed E-state index contributed by atoms with van der Waals surface area (Å²) in [4.78, 5) is 25.0. The Kier molecular flexibility index (Phi) is 10.2. The molecule has 0 amide bonds. The topological polar surface area (TPSA) is 61.8 Å². The highest BCUT2D eigenvalue weighted by molar-refractivity contribution is 5.80. The van der Waals surface area contributed by atoms with Crippen molar-refractivity contribution in [1.82, 2.24) is 0 Å². The Morgan fingerprint density at radius 2 is 1.89 bits per heavy atom. The SMILES string of the molecule is C=C(C)CO[C@@H]1[C@@H](CCC)CCCC[C@H](CC(=O)OC(C)(C)C)C(=O)O[C@H]1C. The molecule has 5 nitrogen and oxygen atoms in total. The lowest BCUT2D eigenvalue weighted by Crippen LogP contribution is -2.40. The van der Waals surface area contributed by atoms with E-state index < -0.39 is 11.5 Å². The number of ether oxygens (including phenoxy) is 3. The van der Waals surface area contributed by atoms with Crippen LogP contribution in [0.25, 0.3) is 0 Å². The van der Waals surface area contributed by atoms with Crippen LogP contribution in [0.2, 0.25) is 0 Å². The van der Waals surface area contributed by atoms with E-state index in [-0.39, 0.29) is 30.6 Å². The number of esters is 2. The molecule has 0 aromatic carbocycles. The first-order valence-corrected chi connectivity index (χ1v) is 10.7. The minimum atomic E-state index is -0.556. The van der Waals surface area contributed by atoms with Crippen molar-refractivity contribution in [2.45, 2.75) is 104 Å². The Bertz CT molecular complexity index is 520. The highest BCUT2D eigenvalue weighted by Crippen LogP contribution is 2.29. The molecule has 0 radical (unpaired) electrons. The molecule has 1 heterocycles. The van der Waals surface area contributed by atoms with Crippen LogP contribution in [0.15, 0.2) is 12.2 Å². The largest absolute Gasteiger partial charge is 0.460 e. The monoisotopic (exact) mass is 396 g/mol. The molecule has 28 heavy (non-hydrogen) atoms. The number of rotatable bonds is 7. The van der Waals surface area contributed by atoms with Crippen molar-refractivity contribution in [2.24, 2.45) is 11.8 Å². The Morgan fingerprint density at radius 3 is 2.46 bits per heavy atom. The van der Waals surface area contributed by atoms with E-state index in [0.29, 0.717) is 18.9 Å². The minimum absolute atomic E-state index is 0.0680. The van der Waals surface area contributed by atoms with E-state index in [1.165, 1.54) is 0 Å². The van der Waals surface area contributed by atoms with E-state index in [9.17, 15) is 9.59 Å². The molecule has 1 aliphatic heterocycles. The lowest BCUT2D eigenvalue weighted by molar-refractivity contribution is -0.170. The Balaban J connectivity index is 2.87. The Hall–Kier alpha value is -1.36. The van der Waals surface area contributed by atoms with Crippen LogP contribution in [-0.2, 0) is 23.8 Å². The number of cyclic esters (lactones) is 1. The molecule has 1 rings (SSSR count). The van der Waals surface area contributed by atoms with Gasteiger partial charge in [-0.25, -0.2) is 0 Å². The molecule has 5 heteroatoms. The fourth-order valence-corrected chi connectivity index (χ4v) is 3.77. The van der Waals surface area contributed by atoms with Crippen LogP contribution in [0.3, 0.4) is 0 Å². The van der Waals surface area contributed by atoms with Gasteiger partial charge >= 0.3 is 11.9 Å². The minimum Gasteiger partial charge on any atom is -0.460 e. The summed E-state index contributed by atoms with van der Waals surface area (Å²) >= 11 is 0. The predicted molar refractivity (Wildman–Crippen MR) is 111 cm³/mol. The number of hydrogen-bond donors (Lipinski definition) is 0. The summed E-state index contributed by atoms with van der Waals surface area (Å²) < 4.78 is 17.3. The molecular formula is C23H40O5. The maximum absolute atomic E-state index is 12.8. The van der Waals surface area contributed by atoms with Crippen molar-refractivity contribution >= 4 is 11.9 Å². The summed E-state index contributed by atoms with van der Waals surface area (Å²) in [5.41, 5.74) is 0.396. The molecule has 0 aromatic rings. The van der Waals surface area contributed by atoms with Crippen LogP contribution in [0, 0.1) is 11.8 Å². The summed E-state index contributed by atoms with van der Waals surface area (Å²) in [6.07, 6.45) is 5.27. The molecule has 1 fully saturated rings. The first-order valence-electron chi connectivity index (χ1n) is 10.7. The number of carbonyl (C=O) groups is 2. The van der Waals surface area contributed by atoms with Crippen LogP contribution in [0.1, 0.15) is 86.5 Å². The first-order chi connectivity index (χ1) is 13.0. The summed E-state index contributed by atoms with van der Waals surface area (Å²) in [5.74, 6) is -0.770. The third-order valence-corrected chi connectivity index (χ3v) is 4.95. The van der Waals surface area contributed by atoms with Crippen LogP contribution < -0.4 is 0 Å². The van der Waals surface area contributed by atoms with E-state index in [4.69, 9.17) is 14.2 Å². The third kappa shape index (κ3) is 9.22. The standard InChI is InChI=1S/C23H40O5/c1-8-11-18-12-9-10-13-19(14-20(24)28-23(5,6)7)22(25)27-17(4)21(18)26-15-16(2)3/h17-19,21H,2,8-15H2,1,3-7H3/t17-,18-,19+,21-/m0/s1. The van der Waals surface area contributed by atoms with Gasteiger partial charge in [-0.1, -0.05) is 38.3 Å². The van der Waals surface area contributed by atoms with E-state index >= 15 is 0 Å². The van der Waals surface area contributed by atoms with Crippen LogP contribution in [-0.4, -0.2) is 36.4 Å². The maximum Gasteiger partial charge on any atom is 0.309 e. The van der Waals surface area contributed by atoms with Crippen molar-refractivity contribution in [3.05, 3.63) is 12.2 Å². The molecule has 0 spiro atoms. The maximum atomic E-state index is 12.8. The van der Waals surface area contributed by atoms with Crippen molar-refractivity contribution in [3.8, 4) is 0 Å². The molecule has 1 saturated heterocycles. The van der Waals surface area contributed by atoms with E-state index in [1.807, 2.05) is 34.6 Å². The second-order valence-electron chi connectivity index (χ2n) is 9.20. The van der Waals surface area contributed by atoms with Crippen LogP contribution in [0.4, 0.5) is 0 Å². The molecule has 4 atom stereocenters. The molecule has 1 aliphatic rings. The fourth-order valence-electron chi connectivity index (χ4n) is 3.77. The van der Waals surface area contributed by atoms with Crippen molar-refractivity contribution in [3.63, 3.8) is 0 Å². The zero-order valence-corrected chi connectivity index (χ0v) is 18.7. The fraction of sp³-hybridized carbons (Fsp3) is 0.826. The summed E-state index contributed by atoms with van der Waals surface area (Å²) in [6, 6.07) is 0. The average molecular weight is 397 g/mol. The van der Waals surface area contributed by atoms with E-state index in [0.717, 1.165) is 37.7 Å². The van der Waals surface area contributed by atoms with Gasteiger partial charge in [0.25, 0.3) is 0 Å². The summed E-state index contributed by atoms with van der Waals surface area (Å²) in [6.45, 7) is 15.9. The van der Waals surface area contributed by atoms with E-state index in [2.05, 4.69) is 13.5 Å². The quantitative estimate of drug-likeness (QED) is 0.436. The number of carbonyl (C=O) groups excluding carboxylic acids is 2. The van der Waals surface area contributed by atoms with Crippen LogP contribution >= 0.6 is 0 Å². The second-order valence-corrected chi connectivity index (χ2v) is 9.20. The lowest BCUT2D eigenvalue weighted by Gasteiger charge is -2.34. The van der Waals surface area contributed by atoms with Crippen molar-refractivity contribution in [1.29, 1.82) is 0 Å². The molecule has 0 aliphatic carbocycles. The van der Waals surface area contributed by atoms with Gasteiger partial charge in [-0.3, -0.25) is 9.59 Å². The van der Waals surface area contributed by atoms with Gasteiger partial charge in [0.05, 0.1) is 25.0 Å². The molecular weight excluding hydrogens is 356 g/mol. The van der Waals surface area contributed by atoms with Gasteiger partial charge in [-0.15, -0.1) is 0 Å². The van der Waals surface area contributed by atoms with Gasteiger partial charge in [-0.2, -0.15) is 0 Å². The highest BCUT2D eigenvalue weighted by atomic mass is 16.6. The second kappa shape index (κ2) is 11.6. The first kappa shape index (κ1) is 24.7. The van der Waals surface area contributed by atoms with Gasteiger partial charge in [0.2, 0.25) is 0 Å². The van der Waals surface area contributed by atoms with Gasteiger partial charge in [-0.05, 0) is 59.8 Å². The molecule has 0 aromatic heterocycles. The molecule has 0 N–H and O–H groups in total. The van der Waals surface area contributed by atoms with Gasteiger partial charge in [0, 0.05) is 0 Å². The molecule has 162 valence electrons. The zero-order chi connectivity index (χ0) is 21.3. The Morgan fingerprint density at radius 1 is 1.25 bits per heavy atom. The van der Waals surface area contributed by atoms with Crippen LogP contribution in [0.5, 0.6) is 0 Å². The van der Waals surface area contributed by atoms with Gasteiger partial charge in [0.15, 0.2) is 0 Å². The molecule has 0 bridgehead atoms. The van der Waals surface area contributed by atoms with Crippen molar-refractivity contribution < 1.29 is 23.8 Å². The normalized spacial score (nSPS) is 27.0. The molecule has 0 saturated carbocycles. The number of hydrogen-bond acceptors (Lipinski definition) is 5. The van der Waals surface area contributed by atoms with Crippen molar-refractivity contribution in [2.75, 3.05) is 6.61 Å². The Labute approximate surface area is 171 Å². The van der Waals surface area contributed by atoms with Gasteiger partial charge in [0.1, 0.15) is 11.7 Å².